The molecule has 0 saturated carbocycles. The van der Waals surface area contributed by atoms with Gasteiger partial charge in [-0.1, -0.05) is 18.2 Å². The molecule has 0 saturated heterocycles. The van der Waals surface area contributed by atoms with Crippen molar-refractivity contribution in [1.82, 2.24) is 0 Å². The molecule has 0 aromatic heterocycles. The number of rotatable bonds is 5. The Hall–Kier alpha value is -2.33. The lowest BCUT2D eigenvalue weighted by atomic mass is 9.81. The normalized spacial score (nSPS) is 13.4. The first-order valence-corrected chi connectivity index (χ1v) is 8.47. The fourth-order valence-electron chi connectivity index (χ4n) is 3.69. The molecule has 24 heavy (non-hydrogen) atoms. The standard InChI is InChI=1S/C20H24N2O2/c1-24-15-8-6-13(7-9-15)18-12-14-4-2-3-5-16(14)17(10-11-21)19(18)20(22)23/h6-9,12H,2-5,10-11,21H2,1H3,(H2,22,23). The van der Waals surface area contributed by atoms with Crippen LogP contribution in [0.15, 0.2) is 30.3 Å². The van der Waals surface area contributed by atoms with Crippen LogP contribution in [0.1, 0.15) is 39.9 Å². The van der Waals surface area contributed by atoms with Crippen LogP contribution in [0, 0.1) is 0 Å². The molecule has 3 rings (SSSR count). The maximum absolute atomic E-state index is 12.3. The molecule has 0 fully saturated rings. The average Bonchev–Trinajstić information content (AvgIpc) is 2.61. The van der Waals surface area contributed by atoms with E-state index in [4.69, 9.17) is 16.2 Å². The van der Waals surface area contributed by atoms with Gasteiger partial charge in [-0.3, -0.25) is 4.79 Å². The van der Waals surface area contributed by atoms with Crippen molar-refractivity contribution in [2.45, 2.75) is 32.1 Å². The van der Waals surface area contributed by atoms with E-state index in [1.54, 1.807) is 7.11 Å². The fourth-order valence-corrected chi connectivity index (χ4v) is 3.69. The molecular weight excluding hydrogens is 300 g/mol. The Morgan fingerprint density at radius 2 is 1.88 bits per heavy atom. The number of methoxy groups -OCH3 is 1. The molecule has 4 heteroatoms. The van der Waals surface area contributed by atoms with Crippen molar-refractivity contribution < 1.29 is 9.53 Å². The van der Waals surface area contributed by atoms with Gasteiger partial charge in [-0.2, -0.15) is 0 Å². The molecule has 2 aromatic rings. The van der Waals surface area contributed by atoms with E-state index < -0.39 is 0 Å². The number of primary amides is 1. The minimum atomic E-state index is -0.377. The van der Waals surface area contributed by atoms with Crippen molar-refractivity contribution in [2.75, 3.05) is 13.7 Å². The predicted molar refractivity (Wildman–Crippen MR) is 96.3 cm³/mol. The highest BCUT2D eigenvalue weighted by atomic mass is 16.5. The quantitative estimate of drug-likeness (QED) is 0.887. The molecule has 4 nitrogen and oxygen atoms in total. The smallest absolute Gasteiger partial charge is 0.249 e. The number of carbonyl (C=O) groups excluding carboxylic acids is 1. The monoisotopic (exact) mass is 324 g/mol. The highest BCUT2D eigenvalue weighted by molar-refractivity contribution is 6.02. The molecule has 1 aliphatic rings. The molecule has 0 radical (unpaired) electrons. The third kappa shape index (κ3) is 3.02. The number of nitrogens with two attached hydrogens (primary N) is 2. The Labute approximate surface area is 142 Å². The molecule has 0 atom stereocenters. The molecule has 1 amide bonds. The molecule has 0 bridgehead atoms. The number of fused-ring (bicyclic) bond motifs is 1. The summed E-state index contributed by atoms with van der Waals surface area (Å²) in [6.07, 6.45) is 5.09. The largest absolute Gasteiger partial charge is 0.497 e. The molecule has 126 valence electrons. The van der Waals surface area contributed by atoms with Crippen molar-refractivity contribution in [3.63, 3.8) is 0 Å². The van der Waals surface area contributed by atoms with Gasteiger partial charge in [-0.05, 0) is 78.6 Å². The predicted octanol–water partition coefficient (Wildman–Crippen LogP) is 2.84. The zero-order valence-corrected chi connectivity index (χ0v) is 14.1. The van der Waals surface area contributed by atoms with Crippen LogP contribution < -0.4 is 16.2 Å². The minimum absolute atomic E-state index is 0.377. The number of hydrogen-bond acceptors (Lipinski definition) is 3. The fraction of sp³-hybridized carbons (Fsp3) is 0.350. The highest BCUT2D eigenvalue weighted by Gasteiger charge is 2.23. The molecule has 2 aromatic carbocycles. The van der Waals surface area contributed by atoms with Crippen LogP contribution in [0.3, 0.4) is 0 Å². The van der Waals surface area contributed by atoms with Crippen molar-refractivity contribution in [2.24, 2.45) is 11.5 Å². The number of amides is 1. The zero-order chi connectivity index (χ0) is 17.1. The van der Waals surface area contributed by atoms with E-state index >= 15 is 0 Å². The Bertz CT molecular complexity index is 751. The van der Waals surface area contributed by atoms with Crippen LogP contribution in [-0.4, -0.2) is 19.6 Å². The van der Waals surface area contributed by atoms with Crippen LogP contribution in [0.5, 0.6) is 5.75 Å². The first kappa shape index (κ1) is 16.5. The first-order chi connectivity index (χ1) is 11.7. The van der Waals surface area contributed by atoms with Crippen LogP contribution in [0.25, 0.3) is 11.1 Å². The molecule has 0 spiro atoms. The highest BCUT2D eigenvalue weighted by Crippen LogP contribution is 2.35. The molecule has 4 N–H and O–H groups in total. The van der Waals surface area contributed by atoms with Gasteiger partial charge in [0.15, 0.2) is 0 Å². The molecule has 0 aliphatic heterocycles. The lowest BCUT2D eigenvalue weighted by molar-refractivity contribution is 0.1000. The Balaban J connectivity index is 2.23. The van der Waals surface area contributed by atoms with E-state index in [1.165, 1.54) is 17.5 Å². The summed E-state index contributed by atoms with van der Waals surface area (Å²) in [5, 5.41) is 0. The second-order valence-corrected chi connectivity index (χ2v) is 6.25. The maximum Gasteiger partial charge on any atom is 0.249 e. The number of ether oxygens (including phenoxy) is 1. The van der Waals surface area contributed by atoms with Crippen LogP contribution >= 0.6 is 0 Å². The topological polar surface area (TPSA) is 78.3 Å². The summed E-state index contributed by atoms with van der Waals surface area (Å²) < 4.78 is 5.23. The van der Waals surface area contributed by atoms with Gasteiger partial charge in [0.25, 0.3) is 0 Å². The summed E-state index contributed by atoms with van der Waals surface area (Å²) in [6, 6.07) is 9.91. The molecule has 1 aliphatic carbocycles. The lowest BCUT2D eigenvalue weighted by Crippen LogP contribution is -2.21. The number of carbonyl (C=O) groups is 1. The maximum atomic E-state index is 12.3. The number of aryl methyl sites for hydroxylation is 1. The minimum Gasteiger partial charge on any atom is -0.497 e. The average molecular weight is 324 g/mol. The molecule has 0 heterocycles. The van der Waals surface area contributed by atoms with E-state index in [1.807, 2.05) is 24.3 Å². The summed E-state index contributed by atoms with van der Waals surface area (Å²) >= 11 is 0. The van der Waals surface area contributed by atoms with Gasteiger partial charge in [0.1, 0.15) is 5.75 Å². The summed E-state index contributed by atoms with van der Waals surface area (Å²) in [7, 11) is 1.64. The zero-order valence-electron chi connectivity index (χ0n) is 14.1. The Morgan fingerprint density at radius 1 is 1.17 bits per heavy atom. The second-order valence-electron chi connectivity index (χ2n) is 6.25. The van der Waals surface area contributed by atoms with Gasteiger partial charge in [-0.25, -0.2) is 0 Å². The summed E-state index contributed by atoms with van der Waals surface area (Å²) in [6.45, 7) is 0.513. The third-order valence-corrected chi connectivity index (χ3v) is 4.81. The van der Waals surface area contributed by atoms with E-state index in [-0.39, 0.29) is 5.91 Å². The molecular formula is C20H24N2O2. The Morgan fingerprint density at radius 3 is 2.50 bits per heavy atom. The first-order valence-electron chi connectivity index (χ1n) is 8.47. The van der Waals surface area contributed by atoms with Gasteiger partial charge < -0.3 is 16.2 Å². The van der Waals surface area contributed by atoms with E-state index in [0.717, 1.165) is 41.7 Å². The van der Waals surface area contributed by atoms with Crippen LogP contribution in [0.2, 0.25) is 0 Å². The van der Waals surface area contributed by atoms with Crippen molar-refractivity contribution in [3.05, 3.63) is 52.6 Å². The van der Waals surface area contributed by atoms with Gasteiger partial charge in [0.2, 0.25) is 5.91 Å². The second kappa shape index (κ2) is 7.05. The van der Waals surface area contributed by atoms with E-state index in [0.29, 0.717) is 18.5 Å². The van der Waals surface area contributed by atoms with Crippen molar-refractivity contribution >= 4 is 5.91 Å². The SMILES string of the molecule is COc1ccc(-c2cc3c(c(CCN)c2C(N)=O)CCCC3)cc1. The van der Waals surface area contributed by atoms with E-state index in [9.17, 15) is 4.79 Å². The summed E-state index contributed by atoms with van der Waals surface area (Å²) in [5.74, 6) is 0.414. The van der Waals surface area contributed by atoms with Crippen molar-refractivity contribution in [3.8, 4) is 16.9 Å². The van der Waals surface area contributed by atoms with Gasteiger partial charge in [0.05, 0.1) is 12.7 Å². The Kier molecular flexibility index (Phi) is 4.86. The van der Waals surface area contributed by atoms with Crippen LogP contribution in [-0.2, 0) is 19.3 Å². The number of benzene rings is 2. The lowest BCUT2D eigenvalue weighted by Gasteiger charge is -2.24. The van der Waals surface area contributed by atoms with Gasteiger partial charge in [0, 0.05) is 0 Å². The summed E-state index contributed by atoms with van der Waals surface area (Å²) in [4.78, 5) is 12.3. The summed E-state index contributed by atoms with van der Waals surface area (Å²) in [5.41, 5.74) is 17.8. The number of hydrogen-bond donors (Lipinski definition) is 2. The van der Waals surface area contributed by atoms with E-state index in [2.05, 4.69) is 6.07 Å². The van der Waals surface area contributed by atoms with Crippen LogP contribution in [0.4, 0.5) is 0 Å². The van der Waals surface area contributed by atoms with Crippen molar-refractivity contribution in [1.29, 1.82) is 0 Å². The third-order valence-electron chi connectivity index (χ3n) is 4.81. The van der Waals surface area contributed by atoms with Gasteiger partial charge >= 0.3 is 0 Å². The van der Waals surface area contributed by atoms with Gasteiger partial charge in [-0.15, -0.1) is 0 Å². The molecule has 0 unspecified atom stereocenters.